The minimum atomic E-state index is 0.115. The molecule has 6 nitrogen and oxygen atoms in total. The Kier molecular flexibility index (Phi) is 5.50. The molecule has 1 unspecified atom stereocenters. The van der Waals surface area contributed by atoms with Crippen molar-refractivity contribution in [2.75, 3.05) is 32.8 Å². The number of hydrogen-bond donors (Lipinski definition) is 1. The van der Waals surface area contributed by atoms with E-state index in [1.807, 2.05) is 6.33 Å². The molecular weight excluding hydrogens is 364 g/mol. The number of aromatic amines is 1. The SMILES string of the molecule is CCCN1CCc2[nH]cnc2C12CCN(Cc1ccc(C3CCCCO3)o1)CC2. The van der Waals surface area contributed by atoms with Crippen LogP contribution < -0.4 is 0 Å². The van der Waals surface area contributed by atoms with Gasteiger partial charge in [0.05, 0.1) is 24.1 Å². The summed E-state index contributed by atoms with van der Waals surface area (Å²) < 4.78 is 12.1. The number of ether oxygens (including phenoxy) is 1. The van der Waals surface area contributed by atoms with E-state index in [2.05, 4.69) is 33.8 Å². The highest BCUT2D eigenvalue weighted by molar-refractivity contribution is 5.27. The molecule has 2 aromatic rings. The van der Waals surface area contributed by atoms with Gasteiger partial charge in [0.25, 0.3) is 0 Å². The summed E-state index contributed by atoms with van der Waals surface area (Å²) in [5.74, 6) is 2.08. The van der Waals surface area contributed by atoms with E-state index in [0.717, 1.165) is 76.5 Å². The second kappa shape index (κ2) is 8.25. The van der Waals surface area contributed by atoms with E-state index in [-0.39, 0.29) is 11.6 Å². The minimum absolute atomic E-state index is 0.115. The van der Waals surface area contributed by atoms with Crippen LogP contribution in [0.4, 0.5) is 0 Å². The van der Waals surface area contributed by atoms with Gasteiger partial charge in [-0.2, -0.15) is 0 Å². The molecule has 1 N–H and O–H groups in total. The lowest BCUT2D eigenvalue weighted by Gasteiger charge is -2.50. The number of H-pyrrole nitrogens is 1. The van der Waals surface area contributed by atoms with Gasteiger partial charge in [-0.15, -0.1) is 0 Å². The summed E-state index contributed by atoms with van der Waals surface area (Å²) in [5.41, 5.74) is 2.78. The number of furan rings is 1. The molecule has 3 aliphatic rings. The van der Waals surface area contributed by atoms with E-state index in [9.17, 15) is 0 Å². The highest BCUT2D eigenvalue weighted by Gasteiger charge is 2.46. The van der Waals surface area contributed by atoms with E-state index in [1.54, 1.807) is 0 Å². The average Bonchev–Trinajstić information content (AvgIpc) is 3.43. The van der Waals surface area contributed by atoms with Crippen LogP contribution in [0.5, 0.6) is 0 Å². The standard InChI is InChI=1S/C23H34N4O2/c1-2-11-27-12-8-19-22(25-17-24-19)23(27)9-13-26(14-10-23)16-18-6-7-21(29-18)20-5-3-4-15-28-20/h6-7,17,20H,2-5,8-16H2,1H3,(H,24,25). The Morgan fingerprint density at radius 1 is 1.21 bits per heavy atom. The molecule has 0 bridgehead atoms. The molecule has 0 saturated carbocycles. The molecule has 5 heterocycles. The highest BCUT2D eigenvalue weighted by atomic mass is 16.5. The first-order chi connectivity index (χ1) is 14.3. The van der Waals surface area contributed by atoms with Crippen LogP contribution in [-0.4, -0.2) is 52.6 Å². The summed E-state index contributed by atoms with van der Waals surface area (Å²) in [5, 5.41) is 0. The number of imidazole rings is 1. The van der Waals surface area contributed by atoms with Crippen LogP contribution in [-0.2, 0) is 23.2 Å². The molecule has 3 aliphatic heterocycles. The molecule has 2 fully saturated rings. The van der Waals surface area contributed by atoms with Gasteiger partial charge >= 0.3 is 0 Å². The van der Waals surface area contributed by atoms with E-state index in [0.29, 0.717) is 0 Å². The van der Waals surface area contributed by atoms with E-state index < -0.39 is 0 Å². The van der Waals surface area contributed by atoms with Crippen LogP contribution in [0.1, 0.15) is 74.5 Å². The lowest BCUT2D eigenvalue weighted by Crippen LogP contribution is -2.56. The summed E-state index contributed by atoms with van der Waals surface area (Å²) in [6.45, 7) is 8.52. The first kappa shape index (κ1) is 19.3. The smallest absolute Gasteiger partial charge is 0.133 e. The zero-order valence-electron chi connectivity index (χ0n) is 17.7. The monoisotopic (exact) mass is 398 g/mol. The molecule has 158 valence electrons. The summed E-state index contributed by atoms with van der Waals surface area (Å²) in [4.78, 5) is 13.4. The lowest BCUT2D eigenvalue weighted by atomic mass is 9.78. The average molecular weight is 399 g/mol. The van der Waals surface area contributed by atoms with E-state index >= 15 is 0 Å². The van der Waals surface area contributed by atoms with Crippen LogP contribution >= 0.6 is 0 Å². The van der Waals surface area contributed by atoms with Crippen molar-refractivity contribution in [3.63, 3.8) is 0 Å². The molecule has 1 spiro atoms. The van der Waals surface area contributed by atoms with Crippen molar-refractivity contribution in [3.8, 4) is 0 Å². The van der Waals surface area contributed by atoms with E-state index in [1.165, 1.54) is 30.7 Å². The Balaban J connectivity index is 1.25. The van der Waals surface area contributed by atoms with Crippen LogP contribution in [0.3, 0.4) is 0 Å². The van der Waals surface area contributed by atoms with Gasteiger partial charge in [-0.05, 0) is 57.2 Å². The Bertz CT molecular complexity index is 799. The fourth-order valence-electron chi connectivity index (χ4n) is 5.59. The third-order valence-electron chi connectivity index (χ3n) is 7.13. The molecule has 2 saturated heterocycles. The maximum Gasteiger partial charge on any atom is 0.133 e. The first-order valence-corrected chi connectivity index (χ1v) is 11.5. The normalized spacial score (nSPS) is 25.3. The molecule has 0 radical (unpaired) electrons. The Morgan fingerprint density at radius 3 is 2.90 bits per heavy atom. The second-order valence-electron chi connectivity index (χ2n) is 8.93. The van der Waals surface area contributed by atoms with Gasteiger partial charge in [-0.3, -0.25) is 9.80 Å². The van der Waals surface area contributed by atoms with Crippen molar-refractivity contribution in [2.45, 2.75) is 70.1 Å². The van der Waals surface area contributed by atoms with Crippen LogP contribution in [0.2, 0.25) is 0 Å². The molecule has 0 aromatic carbocycles. The molecule has 6 heteroatoms. The fraction of sp³-hybridized carbons (Fsp3) is 0.696. The zero-order chi connectivity index (χ0) is 19.7. The number of piperidine rings is 1. The van der Waals surface area contributed by atoms with Crippen LogP contribution in [0.15, 0.2) is 22.9 Å². The molecule has 1 atom stereocenters. The van der Waals surface area contributed by atoms with Gasteiger partial charge in [-0.1, -0.05) is 6.92 Å². The largest absolute Gasteiger partial charge is 0.462 e. The highest BCUT2D eigenvalue weighted by Crippen LogP contribution is 2.42. The Labute approximate surface area is 173 Å². The summed E-state index contributed by atoms with van der Waals surface area (Å²) in [7, 11) is 0. The number of nitrogens with zero attached hydrogens (tertiary/aromatic N) is 3. The van der Waals surface area contributed by atoms with Crippen molar-refractivity contribution < 1.29 is 9.15 Å². The maximum absolute atomic E-state index is 6.17. The minimum Gasteiger partial charge on any atom is -0.462 e. The number of hydrogen-bond acceptors (Lipinski definition) is 5. The topological polar surface area (TPSA) is 57.5 Å². The van der Waals surface area contributed by atoms with Crippen molar-refractivity contribution in [1.29, 1.82) is 0 Å². The number of aromatic nitrogens is 2. The van der Waals surface area contributed by atoms with Crippen molar-refractivity contribution in [2.24, 2.45) is 0 Å². The van der Waals surface area contributed by atoms with Gasteiger partial charge in [-0.25, -0.2) is 4.98 Å². The Morgan fingerprint density at radius 2 is 2.10 bits per heavy atom. The van der Waals surface area contributed by atoms with E-state index in [4.69, 9.17) is 14.1 Å². The number of nitrogens with one attached hydrogen (secondary N) is 1. The number of fused-ring (bicyclic) bond motifs is 2. The third kappa shape index (κ3) is 3.66. The van der Waals surface area contributed by atoms with Crippen molar-refractivity contribution in [1.82, 2.24) is 19.8 Å². The van der Waals surface area contributed by atoms with Crippen molar-refractivity contribution >= 4 is 0 Å². The third-order valence-corrected chi connectivity index (χ3v) is 7.13. The molecule has 0 aliphatic carbocycles. The quantitative estimate of drug-likeness (QED) is 0.825. The molecule has 29 heavy (non-hydrogen) atoms. The predicted octanol–water partition coefficient (Wildman–Crippen LogP) is 4.00. The van der Waals surface area contributed by atoms with Gasteiger partial charge in [0, 0.05) is 38.4 Å². The Hall–Kier alpha value is -1.63. The summed E-state index contributed by atoms with van der Waals surface area (Å²) >= 11 is 0. The molecule has 2 aromatic heterocycles. The number of rotatable bonds is 5. The molecule has 5 rings (SSSR count). The first-order valence-electron chi connectivity index (χ1n) is 11.5. The lowest BCUT2D eigenvalue weighted by molar-refractivity contribution is -0.00371. The van der Waals surface area contributed by atoms with Crippen LogP contribution in [0.25, 0.3) is 0 Å². The molecular formula is C23H34N4O2. The zero-order valence-corrected chi connectivity index (χ0v) is 17.7. The summed E-state index contributed by atoms with van der Waals surface area (Å²) in [6, 6.07) is 4.27. The van der Waals surface area contributed by atoms with Crippen LogP contribution in [0, 0.1) is 0 Å². The van der Waals surface area contributed by atoms with Gasteiger partial charge < -0.3 is 14.1 Å². The predicted molar refractivity (Wildman–Crippen MR) is 112 cm³/mol. The van der Waals surface area contributed by atoms with Gasteiger partial charge in [0.1, 0.15) is 17.6 Å². The maximum atomic E-state index is 6.17. The van der Waals surface area contributed by atoms with Gasteiger partial charge in [0.2, 0.25) is 0 Å². The second-order valence-corrected chi connectivity index (χ2v) is 8.93. The fourth-order valence-corrected chi connectivity index (χ4v) is 5.59. The number of likely N-dealkylation sites (tertiary alicyclic amines) is 1. The van der Waals surface area contributed by atoms with Gasteiger partial charge in [0.15, 0.2) is 0 Å². The van der Waals surface area contributed by atoms with Crippen molar-refractivity contribution in [3.05, 3.63) is 41.4 Å². The summed E-state index contributed by atoms with van der Waals surface area (Å²) in [6.07, 6.45) is 10.1. The molecule has 0 amide bonds.